The van der Waals surface area contributed by atoms with Crippen LogP contribution in [-0.2, 0) is 19.0 Å². The maximum atomic E-state index is 10.8. The lowest BCUT2D eigenvalue weighted by molar-refractivity contribution is -0.162. The Hall–Kier alpha value is -0.870. The third-order valence-electron chi connectivity index (χ3n) is 2.91. The molecule has 1 fully saturated rings. The lowest BCUT2D eigenvalue weighted by atomic mass is 10.2. The first-order valence-corrected chi connectivity index (χ1v) is 6.80. The molecule has 1 atom stereocenters. The SMILES string of the molecule is COC(=O)/C=C\CCCCCOC1CCCCO1. The fraction of sp³-hybridized carbons (Fsp3) is 0.786. The van der Waals surface area contributed by atoms with E-state index in [4.69, 9.17) is 9.47 Å². The average Bonchev–Trinajstić information content (AvgIpc) is 2.42. The maximum Gasteiger partial charge on any atom is 0.330 e. The van der Waals surface area contributed by atoms with Crippen LogP contribution in [0.15, 0.2) is 12.2 Å². The van der Waals surface area contributed by atoms with Gasteiger partial charge in [-0.2, -0.15) is 0 Å². The highest BCUT2D eigenvalue weighted by Gasteiger charge is 2.12. The van der Waals surface area contributed by atoms with Crippen LogP contribution in [0, 0.1) is 0 Å². The molecule has 0 aliphatic carbocycles. The lowest BCUT2D eigenvalue weighted by Crippen LogP contribution is -2.22. The number of carbonyl (C=O) groups excluding carboxylic acids is 1. The lowest BCUT2D eigenvalue weighted by Gasteiger charge is -2.22. The molecule has 1 heterocycles. The van der Waals surface area contributed by atoms with Crippen LogP contribution >= 0.6 is 0 Å². The predicted octanol–water partition coefficient (Wildman–Crippen LogP) is 2.82. The summed E-state index contributed by atoms with van der Waals surface area (Å²) in [5.41, 5.74) is 0. The summed E-state index contributed by atoms with van der Waals surface area (Å²) >= 11 is 0. The van der Waals surface area contributed by atoms with E-state index in [0.29, 0.717) is 0 Å². The molecule has 4 heteroatoms. The number of unbranched alkanes of at least 4 members (excludes halogenated alkanes) is 3. The molecular formula is C14H24O4. The van der Waals surface area contributed by atoms with Gasteiger partial charge in [-0.15, -0.1) is 0 Å². The van der Waals surface area contributed by atoms with Crippen molar-refractivity contribution < 1.29 is 19.0 Å². The van der Waals surface area contributed by atoms with Crippen molar-refractivity contribution in [2.24, 2.45) is 0 Å². The summed E-state index contributed by atoms with van der Waals surface area (Å²) in [6.45, 7) is 1.61. The molecule has 1 aliphatic rings. The molecule has 0 aromatic rings. The van der Waals surface area contributed by atoms with Gasteiger partial charge in [-0.25, -0.2) is 4.79 Å². The van der Waals surface area contributed by atoms with Crippen LogP contribution in [0.5, 0.6) is 0 Å². The Morgan fingerprint density at radius 3 is 2.94 bits per heavy atom. The van der Waals surface area contributed by atoms with E-state index in [1.54, 1.807) is 0 Å². The highest BCUT2D eigenvalue weighted by molar-refractivity contribution is 5.81. The average molecular weight is 256 g/mol. The molecule has 1 saturated heterocycles. The summed E-state index contributed by atoms with van der Waals surface area (Å²) in [5.74, 6) is -0.284. The number of esters is 1. The Kier molecular flexibility index (Phi) is 8.51. The second kappa shape index (κ2) is 10.1. The number of hydrogen-bond acceptors (Lipinski definition) is 4. The van der Waals surface area contributed by atoms with Crippen LogP contribution in [0.1, 0.15) is 44.9 Å². The maximum absolute atomic E-state index is 10.8. The van der Waals surface area contributed by atoms with E-state index in [1.807, 2.05) is 6.08 Å². The van der Waals surface area contributed by atoms with Gasteiger partial charge < -0.3 is 14.2 Å². The summed E-state index contributed by atoms with van der Waals surface area (Å²) in [5, 5.41) is 0. The molecule has 0 radical (unpaired) electrons. The van der Waals surface area contributed by atoms with Crippen LogP contribution in [0.3, 0.4) is 0 Å². The van der Waals surface area contributed by atoms with Gasteiger partial charge in [0.25, 0.3) is 0 Å². The molecule has 0 spiro atoms. The topological polar surface area (TPSA) is 44.8 Å². The normalized spacial score (nSPS) is 20.2. The number of methoxy groups -OCH3 is 1. The standard InChI is InChI=1S/C14H24O4/c1-16-13(15)9-5-3-2-4-7-11-17-14-10-6-8-12-18-14/h5,9,14H,2-4,6-8,10-12H2,1H3/b9-5-. The van der Waals surface area contributed by atoms with E-state index in [9.17, 15) is 4.79 Å². The largest absolute Gasteiger partial charge is 0.466 e. The molecule has 0 aromatic carbocycles. The van der Waals surface area contributed by atoms with Gasteiger partial charge in [-0.3, -0.25) is 0 Å². The zero-order chi connectivity index (χ0) is 13.1. The molecule has 0 amide bonds. The van der Waals surface area contributed by atoms with Gasteiger partial charge >= 0.3 is 5.97 Å². The van der Waals surface area contributed by atoms with Gasteiger partial charge in [0.05, 0.1) is 7.11 Å². The molecule has 0 aromatic heterocycles. The van der Waals surface area contributed by atoms with Gasteiger partial charge in [0.15, 0.2) is 6.29 Å². The monoisotopic (exact) mass is 256 g/mol. The minimum absolute atomic E-state index is 0.0259. The first-order valence-electron chi connectivity index (χ1n) is 6.80. The number of rotatable bonds is 8. The van der Waals surface area contributed by atoms with Crippen molar-refractivity contribution in [1.29, 1.82) is 0 Å². The van der Waals surface area contributed by atoms with E-state index >= 15 is 0 Å². The van der Waals surface area contributed by atoms with Crippen LogP contribution in [0.2, 0.25) is 0 Å². The zero-order valence-electron chi connectivity index (χ0n) is 11.2. The van der Waals surface area contributed by atoms with Crippen molar-refractivity contribution in [1.82, 2.24) is 0 Å². The fourth-order valence-corrected chi connectivity index (χ4v) is 1.85. The van der Waals surface area contributed by atoms with Gasteiger partial charge in [-0.05, 0) is 38.5 Å². The van der Waals surface area contributed by atoms with Crippen molar-refractivity contribution in [2.45, 2.75) is 51.2 Å². The number of hydrogen-bond donors (Lipinski definition) is 0. The Morgan fingerprint density at radius 1 is 1.33 bits per heavy atom. The van der Waals surface area contributed by atoms with E-state index in [2.05, 4.69) is 4.74 Å². The summed E-state index contributed by atoms with van der Waals surface area (Å²) in [4.78, 5) is 10.8. The summed E-state index contributed by atoms with van der Waals surface area (Å²) in [7, 11) is 1.39. The second-order valence-corrected chi connectivity index (χ2v) is 4.44. The smallest absolute Gasteiger partial charge is 0.330 e. The first kappa shape index (κ1) is 15.2. The molecule has 4 nitrogen and oxygen atoms in total. The molecule has 1 aliphatic heterocycles. The number of allylic oxidation sites excluding steroid dienone is 1. The third-order valence-corrected chi connectivity index (χ3v) is 2.91. The third kappa shape index (κ3) is 7.45. The van der Waals surface area contributed by atoms with Gasteiger partial charge in [0.2, 0.25) is 0 Å². The van der Waals surface area contributed by atoms with Crippen LogP contribution in [0.25, 0.3) is 0 Å². The summed E-state index contributed by atoms with van der Waals surface area (Å²) in [6.07, 6.45) is 10.9. The molecule has 18 heavy (non-hydrogen) atoms. The fourth-order valence-electron chi connectivity index (χ4n) is 1.85. The van der Waals surface area contributed by atoms with Crippen molar-refractivity contribution in [3.63, 3.8) is 0 Å². The summed E-state index contributed by atoms with van der Waals surface area (Å²) < 4.78 is 15.6. The van der Waals surface area contributed by atoms with Crippen LogP contribution in [-0.4, -0.2) is 32.6 Å². The summed E-state index contributed by atoms with van der Waals surface area (Å²) in [6, 6.07) is 0. The van der Waals surface area contributed by atoms with E-state index in [0.717, 1.165) is 51.7 Å². The van der Waals surface area contributed by atoms with Crippen LogP contribution < -0.4 is 0 Å². The van der Waals surface area contributed by atoms with E-state index in [-0.39, 0.29) is 12.3 Å². The highest BCUT2D eigenvalue weighted by Crippen LogP contribution is 2.14. The second-order valence-electron chi connectivity index (χ2n) is 4.44. The number of carbonyl (C=O) groups is 1. The molecule has 0 bridgehead atoms. The van der Waals surface area contributed by atoms with Crippen molar-refractivity contribution in [3.05, 3.63) is 12.2 Å². The van der Waals surface area contributed by atoms with Crippen molar-refractivity contribution in [3.8, 4) is 0 Å². The Morgan fingerprint density at radius 2 is 2.22 bits per heavy atom. The molecular weight excluding hydrogens is 232 g/mol. The van der Waals surface area contributed by atoms with Gasteiger partial charge in [0, 0.05) is 19.3 Å². The Balaban J connectivity index is 1.86. The van der Waals surface area contributed by atoms with Gasteiger partial charge in [-0.1, -0.05) is 12.5 Å². The first-order chi connectivity index (χ1) is 8.83. The molecule has 104 valence electrons. The number of ether oxygens (including phenoxy) is 3. The molecule has 0 N–H and O–H groups in total. The molecule has 0 saturated carbocycles. The molecule has 1 rings (SSSR count). The van der Waals surface area contributed by atoms with E-state index in [1.165, 1.54) is 19.6 Å². The Labute approximate surface area is 109 Å². The minimum atomic E-state index is -0.284. The zero-order valence-corrected chi connectivity index (χ0v) is 11.2. The highest BCUT2D eigenvalue weighted by atomic mass is 16.7. The van der Waals surface area contributed by atoms with Gasteiger partial charge in [0.1, 0.15) is 0 Å². The minimum Gasteiger partial charge on any atom is -0.466 e. The quantitative estimate of drug-likeness (QED) is 0.380. The van der Waals surface area contributed by atoms with Crippen LogP contribution in [0.4, 0.5) is 0 Å². The van der Waals surface area contributed by atoms with Crippen molar-refractivity contribution in [2.75, 3.05) is 20.3 Å². The Bertz CT molecular complexity index is 244. The predicted molar refractivity (Wildman–Crippen MR) is 69.2 cm³/mol. The van der Waals surface area contributed by atoms with E-state index < -0.39 is 0 Å². The van der Waals surface area contributed by atoms with Crippen molar-refractivity contribution >= 4 is 5.97 Å². The molecule has 1 unspecified atom stereocenters.